The van der Waals surface area contributed by atoms with Crippen LogP contribution < -0.4 is 10.0 Å². The highest BCUT2D eigenvalue weighted by molar-refractivity contribution is 8.11. The molecule has 0 atom stereocenters. The van der Waals surface area contributed by atoms with Crippen LogP contribution in [0.3, 0.4) is 0 Å². The van der Waals surface area contributed by atoms with Gasteiger partial charge in [0.15, 0.2) is 0 Å². The average Bonchev–Trinajstić information content (AvgIpc) is 2.85. The molecule has 0 saturated heterocycles. The van der Waals surface area contributed by atoms with Crippen LogP contribution in [0.25, 0.3) is 0 Å². The van der Waals surface area contributed by atoms with Crippen LogP contribution in [-0.2, 0) is 0 Å². The Hall–Kier alpha value is 0.511. The maximum atomic E-state index is 2.91. The molecule has 1 aromatic heterocycles. The van der Waals surface area contributed by atoms with Crippen molar-refractivity contribution in [2.24, 2.45) is 0 Å². The van der Waals surface area contributed by atoms with E-state index >= 15 is 0 Å². The van der Waals surface area contributed by atoms with Crippen molar-refractivity contribution in [2.45, 2.75) is 190 Å². The predicted octanol–water partition coefficient (Wildman–Crippen LogP) is 9.96. The highest BCUT2D eigenvalue weighted by Crippen LogP contribution is 2.68. The van der Waals surface area contributed by atoms with Crippen molar-refractivity contribution in [2.75, 3.05) is 0 Å². The summed E-state index contributed by atoms with van der Waals surface area (Å²) in [6.07, 6.45) is -2.02. The van der Waals surface area contributed by atoms with Gasteiger partial charge in [-0.2, -0.15) is 7.83 Å². The van der Waals surface area contributed by atoms with Gasteiger partial charge in [-0.15, -0.1) is 0 Å². The molecular formula is C32H74N2Si6. The lowest BCUT2D eigenvalue weighted by Gasteiger charge is -2.81. The molecule has 1 aromatic rings. The summed E-state index contributed by atoms with van der Waals surface area (Å²) in [4.78, 5) is 0. The van der Waals surface area contributed by atoms with Crippen molar-refractivity contribution in [3.8, 4) is 0 Å². The van der Waals surface area contributed by atoms with E-state index in [1.54, 1.807) is 0 Å². The number of aromatic nitrogens is 2. The summed E-state index contributed by atoms with van der Waals surface area (Å²) in [7, 11) is -8.10. The van der Waals surface area contributed by atoms with E-state index in [-0.39, 0.29) is 0 Å². The van der Waals surface area contributed by atoms with Crippen LogP contribution >= 0.6 is 0 Å². The van der Waals surface area contributed by atoms with Crippen LogP contribution in [0.2, 0.25) is 74.0 Å². The molecule has 0 saturated carbocycles. The van der Waals surface area contributed by atoms with Gasteiger partial charge in [-0.3, -0.25) is 9.13 Å². The van der Waals surface area contributed by atoms with Gasteiger partial charge in [-0.05, 0) is 42.8 Å². The van der Waals surface area contributed by atoms with Gasteiger partial charge in [0.2, 0.25) is 0 Å². The van der Waals surface area contributed by atoms with Crippen LogP contribution in [0, 0.1) is 13.8 Å². The Balaban J connectivity index is 5.17. The molecule has 2 nitrogen and oxygen atoms in total. The fraction of sp³-hybridized carbons (Fsp3) is 0.906. The van der Waals surface area contributed by atoms with Crippen molar-refractivity contribution in [1.82, 2.24) is 4.57 Å². The molecule has 0 amide bonds. The standard InChI is InChI=1S/C32H74N2Si6/c1-25(2)33-27(5)28(6)34(26(3)4)29(33)35(36(16,17)18)40(37(19,20)21,38(22,23)24)39(30(7,8)9,31(10,11)12)32(13,14)15/h25-26H,1-24H3. The van der Waals surface area contributed by atoms with Gasteiger partial charge in [0, 0.05) is 36.6 Å². The van der Waals surface area contributed by atoms with Gasteiger partial charge < -0.3 is 0 Å². The van der Waals surface area contributed by atoms with Gasteiger partial charge in [0.05, 0.1) is 17.5 Å². The minimum Gasteiger partial charge on any atom is -0.262 e. The summed E-state index contributed by atoms with van der Waals surface area (Å²) in [5.41, 5.74) is 4.92. The number of hydrogen-bond donors (Lipinski definition) is 0. The third kappa shape index (κ3) is 5.58. The van der Waals surface area contributed by atoms with Gasteiger partial charge >= 0.3 is 0 Å². The second kappa shape index (κ2) is 11.1. The zero-order chi connectivity index (χ0) is 32.6. The Morgan fingerprint density at radius 1 is 0.625 bits per heavy atom. The predicted molar refractivity (Wildman–Crippen MR) is 201 cm³/mol. The Morgan fingerprint density at radius 3 is 1.15 bits per heavy atom. The van der Waals surface area contributed by atoms with Crippen LogP contribution in [0.15, 0.2) is 0 Å². The highest BCUT2D eigenvalue weighted by atomic mass is 30.2. The third-order valence-electron chi connectivity index (χ3n) is 10.3. The smallest absolute Gasteiger partial charge is 0.140 e. The molecule has 8 heteroatoms. The number of imidazole rings is 1. The first-order valence-electron chi connectivity index (χ1n) is 16.2. The van der Waals surface area contributed by atoms with Crippen LogP contribution in [0.5, 0.6) is 0 Å². The number of rotatable bonds is 8. The van der Waals surface area contributed by atoms with Gasteiger partial charge in [0.25, 0.3) is 0 Å². The SMILES string of the molecule is Cc1c(C)[n+](C(C)C)c([Si-]([Si](C)(C)C)[Si]([Si](C)(C)C)([Si](C)(C)C)[Si](C(C)(C)C)(C(C)(C)C)C(C)(C)C)n1C(C)C. The molecule has 0 radical (unpaired) electrons. The van der Waals surface area contributed by atoms with Crippen molar-refractivity contribution < 1.29 is 4.57 Å². The van der Waals surface area contributed by atoms with Gasteiger partial charge in [-0.1, -0.05) is 135 Å². The second-order valence-electron chi connectivity index (χ2n) is 19.8. The summed E-state index contributed by atoms with van der Waals surface area (Å²) >= 11 is 0. The molecule has 0 aliphatic rings. The zero-order valence-corrected chi connectivity index (χ0v) is 38.0. The lowest BCUT2D eigenvalue weighted by molar-refractivity contribution is -0.704. The summed E-state index contributed by atoms with van der Waals surface area (Å²) in [5.74, 6) is 0. The van der Waals surface area contributed by atoms with E-state index in [0.29, 0.717) is 27.2 Å². The second-order valence-corrected chi connectivity index (χ2v) is 80.2. The minimum atomic E-state index is -2.11. The maximum absolute atomic E-state index is 2.91. The first-order chi connectivity index (χ1) is 17.2. The van der Waals surface area contributed by atoms with Crippen molar-refractivity contribution in [3.63, 3.8) is 0 Å². The van der Waals surface area contributed by atoms with Gasteiger partial charge in [-0.25, -0.2) is 0 Å². The highest BCUT2D eigenvalue weighted by Gasteiger charge is 2.75. The van der Waals surface area contributed by atoms with E-state index in [1.807, 2.05) is 5.45 Å². The quantitative estimate of drug-likeness (QED) is 0.195. The Bertz CT molecular complexity index is 961. The van der Waals surface area contributed by atoms with E-state index < -0.39 is 44.3 Å². The molecule has 1 rings (SSSR count). The zero-order valence-electron chi connectivity index (χ0n) is 32.0. The average molecular weight is 655 g/mol. The van der Waals surface area contributed by atoms with Crippen molar-refractivity contribution in [3.05, 3.63) is 11.4 Å². The maximum Gasteiger partial charge on any atom is 0.140 e. The Kier molecular flexibility index (Phi) is 10.7. The van der Waals surface area contributed by atoms with Crippen LogP contribution in [-0.4, -0.2) is 48.9 Å². The lowest BCUT2D eigenvalue weighted by Crippen LogP contribution is -3.01. The molecule has 40 heavy (non-hydrogen) atoms. The largest absolute Gasteiger partial charge is 0.262 e. The van der Waals surface area contributed by atoms with E-state index in [2.05, 4.69) is 172 Å². The van der Waals surface area contributed by atoms with Crippen molar-refractivity contribution in [1.29, 1.82) is 0 Å². The van der Waals surface area contributed by atoms with E-state index in [9.17, 15) is 0 Å². The fourth-order valence-electron chi connectivity index (χ4n) is 11.6. The third-order valence-corrected chi connectivity index (χ3v) is 132. The van der Waals surface area contributed by atoms with E-state index in [1.165, 1.54) is 11.4 Å². The monoisotopic (exact) mass is 654 g/mol. The van der Waals surface area contributed by atoms with Crippen LogP contribution in [0.4, 0.5) is 0 Å². The summed E-state index contributed by atoms with van der Waals surface area (Å²) in [5, 5.41) is 0.982. The summed E-state index contributed by atoms with van der Waals surface area (Å²) in [6.45, 7) is 65.2. The first-order valence-corrected chi connectivity index (χ1v) is 37.2. The summed E-state index contributed by atoms with van der Waals surface area (Å²) < 4.78 is 5.83. The van der Waals surface area contributed by atoms with E-state index in [0.717, 1.165) is 0 Å². The number of nitrogens with zero attached hydrogens (tertiary/aromatic N) is 2. The Morgan fingerprint density at radius 2 is 0.950 bits per heavy atom. The molecule has 0 unspecified atom stereocenters. The topological polar surface area (TPSA) is 8.81 Å². The van der Waals surface area contributed by atoms with Gasteiger partial charge in [0.1, 0.15) is 11.4 Å². The molecule has 1 heterocycles. The molecule has 0 bridgehead atoms. The van der Waals surface area contributed by atoms with E-state index in [4.69, 9.17) is 0 Å². The molecular weight excluding hydrogens is 581 g/mol. The molecule has 0 aliphatic carbocycles. The first kappa shape index (κ1) is 38.5. The fourth-order valence-corrected chi connectivity index (χ4v) is 225. The molecule has 0 aliphatic heterocycles. The number of hydrogen-bond acceptors (Lipinski definition) is 0. The molecule has 0 N–H and O–H groups in total. The van der Waals surface area contributed by atoms with Crippen LogP contribution in [0.1, 0.15) is 113 Å². The Labute approximate surface area is 259 Å². The molecule has 236 valence electrons. The summed E-state index contributed by atoms with van der Waals surface area (Å²) in [6, 6.07) is 0.991. The van der Waals surface area contributed by atoms with Crippen molar-refractivity contribution >= 4 is 49.8 Å². The molecule has 0 fully saturated rings. The normalized spacial score (nSPS) is 15.4. The molecule has 0 spiro atoms. The molecule has 0 aromatic carbocycles. The lowest BCUT2D eigenvalue weighted by atomic mass is 10.2. The minimum absolute atomic E-state index is 0.327.